The number of amides is 1. The van der Waals surface area contributed by atoms with Crippen LogP contribution in [-0.4, -0.2) is 25.1 Å². The normalized spacial score (nSPS) is 10.5. The molecule has 0 aromatic heterocycles. The number of carbonyl (C=O) groups excluding carboxylic acids is 1. The predicted octanol–water partition coefficient (Wildman–Crippen LogP) is 2.35. The molecule has 0 aliphatic heterocycles. The maximum absolute atomic E-state index is 12.1. The Kier molecular flexibility index (Phi) is 6.67. The smallest absolute Gasteiger partial charge is 0.253 e. The maximum Gasteiger partial charge on any atom is 0.253 e. The van der Waals surface area contributed by atoms with Crippen LogP contribution in [0.1, 0.15) is 24.2 Å². The monoisotopic (exact) mass is 336 g/mol. The van der Waals surface area contributed by atoms with E-state index in [2.05, 4.69) is 21.2 Å². The Bertz CT molecular complexity index is 425. The topological polar surface area (TPSA) is 64.3 Å². The number of halogens is 2. The fraction of sp³-hybridized carbons (Fsp3) is 0.417. The minimum atomic E-state index is -0.431. The van der Waals surface area contributed by atoms with Gasteiger partial charge < -0.3 is 15.8 Å². The van der Waals surface area contributed by atoms with Gasteiger partial charge in [-0.2, -0.15) is 0 Å². The first kappa shape index (κ1) is 17.2. The highest BCUT2D eigenvalue weighted by Gasteiger charge is 2.20. The lowest BCUT2D eigenvalue weighted by Gasteiger charge is -2.24. The summed E-state index contributed by atoms with van der Waals surface area (Å²) in [5.41, 5.74) is 5.68. The van der Waals surface area contributed by atoms with Crippen molar-refractivity contribution >= 4 is 34.2 Å². The minimum absolute atomic E-state index is 0. The zero-order valence-corrected chi connectivity index (χ0v) is 13.0. The van der Waals surface area contributed by atoms with Gasteiger partial charge in [0.15, 0.2) is 0 Å². The van der Waals surface area contributed by atoms with Crippen molar-refractivity contribution in [2.75, 3.05) is 13.7 Å². The molecule has 0 radical (unpaired) electrons. The van der Waals surface area contributed by atoms with Crippen molar-refractivity contribution in [2.24, 2.45) is 5.73 Å². The van der Waals surface area contributed by atoms with Gasteiger partial charge in [0.2, 0.25) is 0 Å². The molecule has 1 amide bonds. The fourth-order valence-corrected chi connectivity index (χ4v) is 1.66. The molecule has 0 heterocycles. The third kappa shape index (κ3) is 4.48. The van der Waals surface area contributed by atoms with Crippen molar-refractivity contribution in [1.82, 2.24) is 5.32 Å². The lowest BCUT2D eigenvalue weighted by Crippen LogP contribution is -2.48. The summed E-state index contributed by atoms with van der Waals surface area (Å²) < 4.78 is 5.82. The largest absolute Gasteiger partial charge is 0.497 e. The van der Waals surface area contributed by atoms with Gasteiger partial charge in [-0.25, -0.2) is 0 Å². The lowest BCUT2D eigenvalue weighted by molar-refractivity contribution is 0.0914. The molecule has 0 aliphatic carbocycles. The first-order valence-corrected chi connectivity index (χ1v) is 6.05. The van der Waals surface area contributed by atoms with Crippen molar-refractivity contribution in [1.29, 1.82) is 0 Å². The molecule has 3 N–H and O–H groups in total. The molecule has 0 saturated heterocycles. The van der Waals surface area contributed by atoms with Crippen LogP contribution < -0.4 is 15.8 Å². The zero-order valence-electron chi connectivity index (χ0n) is 10.6. The first-order valence-electron chi connectivity index (χ1n) is 5.26. The first-order chi connectivity index (χ1) is 7.89. The van der Waals surface area contributed by atoms with E-state index in [-0.39, 0.29) is 18.3 Å². The number of benzene rings is 1. The van der Waals surface area contributed by atoms with Crippen LogP contribution in [0.3, 0.4) is 0 Å². The van der Waals surface area contributed by atoms with Gasteiger partial charge in [-0.05, 0) is 48.0 Å². The van der Waals surface area contributed by atoms with E-state index in [9.17, 15) is 4.79 Å². The number of hydrogen-bond donors (Lipinski definition) is 2. The second-order valence-electron chi connectivity index (χ2n) is 4.39. The molecule has 4 nitrogen and oxygen atoms in total. The SMILES string of the molecule is COc1ccc(Br)c(C(=O)NC(C)(C)CN)c1.Cl. The fourth-order valence-electron chi connectivity index (χ4n) is 1.23. The molecule has 18 heavy (non-hydrogen) atoms. The molecule has 1 aromatic carbocycles. The molecule has 102 valence electrons. The van der Waals surface area contributed by atoms with Crippen LogP contribution in [0.15, 0.2) is 22.7 Å². The number of ether oxygens (including phenoxy) is 1. The van der Waals surface area contributed by atoms with Crippen LogP contribution in [0.25, 0.3) is 0 Å². The Morgan fingerprint density at radius 1 is 1.50 bits per heavy atom. The van der Waals surface area contributed by atoms with Crippen molar-refractivity contribution in [3.63, 3.8) is 0 Å². The molecule has 0 bridgehead atoms. The van der Waals surface area contributed by atoms with E-state index in [4.69, 9.17) is 10.5 Å². The molecule has 0 atom stereocenters. The van der Waals surface area contributed by atoms with E-state index in [0.29, 0.717) is 17.9 Å². The van der Waals surface area contributed by atoms with Crippen LogP contribution in [0.2, 0.25) is 0 Å². The van der Waals surface area contributed by atoms with Crippen LogP contribution in [0, 0.1) is 0 Å². The molecular weight excluding hydrogens is 320 g/mol. The van der Waals surface area contributed by atoms with Gasteiger partial charge >= 0.3 is 0 Å². The van der Waals surface area contributed by atoms with Crippen molar-refractivity contribution in [3.8, 4) is 5.75 Å². The van der Waals surface area contributed by atoms with Gasteiger partial charge in [0.1, 0.15) is 5.75 Å². The predicted molar refractivity (Wildman–Crippen MR) is 78.5 cm³/mol. The van der Waals surface area contributed by atoms with Gasteiger partial charge in [-0.1, -0.05) is 0 Å². The van der Waals surface area contributed by atoms with Gasteiger partial charge in [0.25, 0.3) is 5.91 Å². The molecule has 0 aliphatic rings. The molecule has 0 unspecified atom stereocenters. The van der Waals surface area contributed by atoms with E-state index in [1.807, 2.05) is 13.8 Å². The lowest BCUT2D eigenvalue weighted by atomic mass is 10.1. The van der Waals surface area contributed by atoms with Gasteiger partial charge in [0, 0.05) is 16.6 Å². The van der Waals surface area contributed by atoms with Crippen LogP contribution in [0.4, 0.5) is 0 Å². The Labute approximate surface area is 122 Å². The molecule has 0 fully saturated rings. The number of nitrogens with one attached hydrogen (secondary N) is 1. The Balaban J connectivity index is 0.00000289. The molecule has 0 spiro atoms. The third-order valence-electron chi connectivity index (χ3n) is 2.38. The summed E-state index contributed by atoms with van der Waals surface area (Å²) >= 11 is 3.34. The summed E-state index contributed by atoms with van der Waals surface area (Å²) in [6.45, 7) is 4.12. The maximum atomic E-state index is 12.1. The Morgan fingerprint density at radius 3 is 2.61 bits per heavy atom. The summed E-state index contributed by atoms with van der Waals surface area (Å²) in [6, 6.07) is 5.25. The highest BCUT2D eigenvalue weighted by atomic mass is 79.9. The van der Waals surface area contributed by atoms with E-state index >= 15 is 0 Å². The van der Waals surface area contributed by atoms with E-state index in [1.54, 1.807) is 25.3 Å². The number of methoxy groups -OCH3 is 1. The highest BCUT2D eigenvalue weighted by Crippen LogP contribution is 2.22. The molecular formula is C12H18BrClN2O2. The van der Waals surface area contributed by atoms with E-state index < -0.39 is 5.54 Å². The number of hydrogen-bond acceptors (Lipinski definition) is 3. The molecule has 1 rings (SSSR count). The average Bonchev–Trinajstić information content (AvgIpc) is 2.29. The average molecular weight is 338 g/mol. The van der Waals surface area contributed by atoms with Gasteiger partial charge in [-0.3, -0.25) is 4.79 Å². The summed E-state index contributed by atoms with van der Waals surface area (Å²) in [7, 11) is 1.56. The van der Waals surface area contributed by atoms with Crippen molar-refractivity contribution < 1.29 is 9.53 Å². The summed E-state index contributed by atoms with van der Waals surface area (Å²) in [5.74, 6) is 0.468. The summed E-state index contributed by atoms with van der Waals surface area (Å²) in [4.78, 5) is 12.1. The van der Waals surface area contributed by atoms with Gasteiger partial charge in [-0.15, -0.1) is 12.4 Å². The molecule has 1 aromatic rings. The third-order valence-corrected chi connectivity index (χ3v) is 3.07. The number of nitrogens with two attached hydrogens (primary N) is 1. The summed E-state index contributed by atoms with van der Waals surface area (Å²) in [6.07, 6.45) is 0. The highest BCUT2D eigenvalue weighted by molar-refractivity contribution is 9.10. The van der Waals surface area contributed by atoms with Gasteiger partial charge in [0.05, 0.1) is 12.7 Å². The van der Waals surface area contributed by atoms with Crippen LogP contribution >= 0.6 is 28.3 Å². The van der Waals surface area contributed by atoms with Crippen molar-refractivity contribution in [2.45, 2.75) is 19.4 Å². The number of carbonyl (C=O) groups is 1. The standard InChI is InChI=1S/C12H17BrN2O2.ClH/c1-12(2,7-14)15-11(16)9-6-8(17-3)4-5-10(9)13;/h4-6H,7,14H2,1-3H3,(H,15,16);1H. The van der Waals surface area contributed by atoms with E-state index in [0.717, 1.165) is 4.47 Å². The van der Waals surface area contributed by atoms with Crippen LogP contribution in [0.5, 0.6) is 5.75 Å². The molecule has 6 heteroatoms. The Hall–Kier alpha value is -0.780. The van der Waals surface area contributed by atoms with Crippen molar-refractivity contribution in [3.05, 3.63) is 28.2 Å². The quantitative estimate of drug-likeness (QED) is 0.886. The van der Waals surface area contributed by atoms with E-state index in [1.165, 1.54) is 0 Å². The minimum Gasteiger partial charge on any atom is -0.497 e. The second-order valence-corrected chi connectivity index (χ2v) is 5.24. The molecule has 0 saturated carbocycles. The zero-order chi connectivity index (χ0) is 13.1. The van der Waals surface area contributed by atoms with Crippen LogP contribution in [-0.2, 0) is 0 Å². The summed E-state index contributed by atoms with van der Waals surface area (Å²) in [5, 5.41) is 2.86. The Morgan fingerprint density at radius 2 is 2.11 bits per heavy atom. The second kappa shape index (κ2) is 6.97. The number of rotatable bonds is 4.